The number of imidazole rings is 1. The van der Waals surface area contributed by atoms with Crippen LogP contribution in [0.1, 0.15) is 0 Å². The number of hydrogen-bond acceptors (Lipinski definition) is 6. The zero-order valence-electron chi connectivity index (χ0n) is 8.81. The van der Waals surface area contributed by atoms with Crippen LogP contribution in [0.4, 0.5) is 5.82 Å². The van der Waals surface area contributed by atoms with Crippen LogP contribution in [0.2, 0.25) is 0 Å². The molecule has 0 aliphatic rings. The molecule has 0 bridgehead atoms. The number of hydrogen-bond donors (Lipinski definition) is 2. The van der Waals surface area contributed by atoms with Gasteiger partial charge in [0.05, 0.1) is 12.4 Å². The molecule has 0 saturated carbocycles. The molecule has 0 unspecified atom stereocenters. The van der Waals surface area contributed by atoms with E-state index in [4.69, 9.17) is 5.11 Å². The van der Waals surface area contributed by atoms with E-state index in [1.165, 1.54) is 10.9 Å². The lowest BCUT2D eigenvalue weighted by atomic mass is 10.7. The largest absolute Gasteiger partial charge is 0.395 e. The molecule has 10 heteroatoms. The Morgan fingerprint density at radius 3 is 2.82 bits per heavy atom. The number of nitro groups is 1. The molecule has 0 atom stereocenters. The van der Waals surface area contributed by atoms with E-state index in [1.807, 2.05) is 0 Å². The molecule has 17 heavy (non-hydrogen) atoms. The van der Waals surface area contributed by atoms with Crippen LogP contribution < -0.4 is 4.72 Å². The third kappa shape index (κ3) is 4.46. The summed E-state index contributed by atoms with van der Waals surface area (Å²) >= 11 is 0. The van der Waals surface area contributed by atoms with Gasteiger partial charge in [-0.1, -0.05) is 0 Å². The minimum atomic E-state index is -3.48. The molecular weight excluding hydrogens is 252 g/mol. The molecule has 9 nitrogen and oxygen atoms in total. The summed E-state index contributed by atoms with van der Waals surface area (Å²) < 4.78 is 26.1. The van der Waals surface area contributed by atoms with Gasteiger partial charge in [0.1, 0.15) is 6.20 Å². The number of rotatable bonds is 7. The second kappa shape index (κ2) is 5.70. The zero-order valence-corrected chi connectivity index (χ0v) is 9.63. The Kier molecular flexibility index (Phi) is 4.54. The molecule has 0 saturated heterocycles. The van der Waals surface area contributed by atoms with E-state index in [-0.39, 0.29) is 31.3 Å². The molecule has 0 fully saturated rings. The fraction of sp³-hybridized carbons (Fsp3) is 0.571. The normalized spacial score (nSPS) is 11.6. The molecule has 1 rings (SSSR count). The Morgan fingerprint density at radius 2 is 2.29 bits per heavy atom. The van der Waals surface area contributed by atoms with Crippen molar-refractivity contribution in [1.29, 1.82) is 0 Å². The molecule has 1 heterocycles. The summed E-state index contributed by atoms with van der Waals surface area (Å²) in [6, 6.07) is 0. The van der Waals surface area contributed by atoms with E-state index in [0.717, 1.165) is 6.20 Å². The van der Waals surface area contributed by atoms with Gasteiger partial charge in [0, 0.05) is 13.1 Å². The monoisotopic (exact) mass is 264 g/mol. The first-order valence-corrected chi connectivity index (χ1v) is 6.34. The number of aromatic nitrogens is 2. The molecule has 0 amide bonds. The quantitative estimate of drug-likeness (QED) is 0.465. The van der Waals surface area contributed by atoms with Gasteiger partial charge >= 0.3 is 5.82 Å². The van der Waals surface area contributed by atoms with E-state index in [9.17, 15) is 18.5 Å². The molecule has 96 valence electrons. The van der Waals surface area contributed by atoms with Crippen LogP contribution in [-0.2, 0) is 16.6 Å². The Balaban J connectivity index is 2.52. The van der Waals surface area contributed by atoms with Crippen molar-refractivity contribution in [3.8, 4) is 0 Å². The minimum absolute atomic E-state index is 0.0492. The standard InChI is InChI=1S/C7H12N4O5S/c12-3-1-9-17(15,16)4-2-10-5-7(8-6-10)11(13)14/h5-6,9,12H,1-4H2. The van der Waals surface area contributed by atoms with Crippen LogP contribution in [0.3, 0.4) is 0 Å². The van der Waals surface area contributed by atoms with E-state index in [0.29, 0.717) is 0 Å². The van der Waals surface area contributed by atoms with Crippen LogP contribution in [0.25, 0.3) is 0 Å². The SMILES string of the molecule is O=[N+]([O-])c1cn(CCS(=O)(=O)NCCO)cn1. The predicted octanol–water partition coefficient (Wildman–Crippen LogP) is -1.30. The second-order valence-corrected chi connectivity index (χ2v) is 5.09. The first kappa shape index (κ1) is 13.5. The van der Waals surface area contributed by atoms with Crippen molar-refractivity contribution in [3.63, 3.8) is 0 Å². The van der Waals surface area contributed by atoms with Crippen LogP contribution >= 0.6 is 0 Å². The summed E-state index contributed by atoms with van der Waals surface area (Å²) in [6.45, 7) is -0.274. The van der Waals surface area contributed by atoms with Gasteiger partial charge in [0.2, 0.25) is 16.4 Å². The highest BCUT2D eigenvalue weighted by atomic mass is 32.2. The van der Waals surface area contributed by atoms with Crippen molar-refractivity contribution >= 4 is 15.8 Å². The number of aliphatic hydroxyl groups is 1. The maximum atomic E-state index is 11.3. The number of sulfonamides is 1. The number of nitrogens with one attached hydrogen (secondary N) is 1. The van der Waals surface area contributed by atoms with Crippen molar-refractivity contribution in [1.82, 2.24) is 14.3 Å². The summed E-state index contributed by atoms with van der Waals surface area (Å²) in [5, 5.41) is 18.8. The highest BCUT2D eigenvalue weighted by molar-refractivity contribution is 7.89. The highest BCUT2D eigenvalue weighted by Gasteiger charge is 2.13. The number of aliphatic hydroxyl groups excluding tert-OH is 1. The lowest BCUT2D eigenvalue weighted by molar-refractivity contribution is -0.389. The van der Waals surface area contributed by atoms with Gasteiger partial charge in [-0.15, -0.1) is 0 Å². The molecular formula is C7H12N4O5S. The van der Waals surface area contributed by atoms with E-state index in [1.54, 1.807) is 0 Å². The zero-order chi connectivity index (χ0) is 12.9. The van der Waals surface area contributed by atoms with E-state index in [2.05, 4.69) is 9.71 Å². The van der Waals surface area contributed by atoms with Crippen LogP contribution in [-0.4, -0.2) is 46.9 Å². The third-order valence-corrected chi connectivity index (χ3v) is 3.22. The van der Waals surface area contributed by atoms with Crippen molar-refractivity contribution in [2.45, 2.75) is 6.54 Å². The number of aryl methyl sites for hydroxylation is 1. The molecule has 2 N–H and O–H groups in total. The molecule has 0 spiro atoms. The number of nitrogens with zero attached hydrogens (tertiary/aromatic N) is 3. The molecule has 0 aliphatic carbocycles. The summed E-state index contributed by atoms with van der Waals surface area (Å²) in [4.78, 5) is 13.2. The molecule has 0 aromatic carbocycles. The second-order valence-electron chi connectivity index (χ2n) is 3.16. The minimum Gasteiger partial charge on any atom is -0.395 e. The molecule has 0 aliphatic heterocycles. The lowest BCUT2D eigenvalue weighted by Gasteiger charge is -2.04. The first-order chi connectivity index (χ1) is 7.94. The van der Waals surface area contributed by atoms with Gasteiger partial charge < -0.3 is 19.8 Å². The topological polar surface area (TPSA) is 127 Å². The van der Waals surface area contributed by atoms with E-state index >= 15 is 0 Å². The maximum absolute atomic E-state index is 11.3. The van der Waals surface area contributed by atoms with Crippen molar-refractivity contribution in [3.05, 3.63) is 22.6 Å². The fourth-order valence-electron chi connectivity index (χ4n) is 1.06. The summed E-state index contributed by atoms with van der Waals surface area (Å²) in [6.07, 6.45) is 2.35. The Hall–Kier alpha value is -1.52. The van der Waals surface area contributed by atoms with Gasteiger partial charge in [0.25, 0.3) is 0 Å². The fourth-order valence-corrected chi connectivity index (χ4v) is 2.06. The van der Waals surface area contributed by atoms with Gasteiger partial charge in [-0.3, -0.25) is 0 Å². The molecule has 1 aromatic heterocycles. The van der Waals surface area contributed by atoms with Crippen molar-refractivity contribution in [2.24, 2.45) is 0 Å². The first-order valence-electron chi connectivity index (χ1n) is 4.69. The maximum Gasteiger partial charge on any atom is 0.381 e. The highest BCUT2D eigenvalue weighted by Crippen LogP contribution is 2.05. The predicted molar refractivity (Wildman–Crippen MR) is 57.8 cm³/mol. The molecule has 1 aromatic rings. The Labute approximate surface area is 97.3 Å². The van der Waals surface area contributed by atoms with Gasteiger partial charge in [-0.05, 0) is 9.91 Å². The smallest absolute Gasteiger partial charge is 0.381 e. The van der Waals surface area contributed by atoms with Crippen molar-refractivity contribution < 1.29 is 18.4 Å². The average Bonchev–Trinajstić information content (AvgIpc) is 2.73. The van der Waals surface area contributed by atoms with Gasteiger partial charge in [0.15, 0.2) is 0 Å². The summed E-state index contributed by atoms with van der Waals surface area (Å²) in [5.74, 6) is -0.564. The van der Waals surface area contributed by atoms with Gasteiger partial charge in [-0.2, -0.15) is 0 Å². The summed E-state index contributed by atoms with van der Waals surface area (Å²) in [7, 11) is -3.48. The lowest BCUT2D eigenvalue weighted by Crippen LogP contribution is -2.30. The Bertz CT molecular complexity index is 482. The Morgan fingerprint density at radius 1 is 1.59 bits per heavy atom. The third-order valence-electron chi connectivity index (χ3n) is 1.86. The van der Waals surface area contributed by atoms with Crippen molar-refractivity contribution in [2.75, 3.05) is 18.9 Å². The van der Waals surface area contributed by atoms with Crippen LogP contribution in [0, 0.1) is 10.1 Å². The van der Waals surface area contributed by atoms with E-state index < -0.39 is 14.9 Å². The van der Waals surface area contributed by atoms with Crippen LogP contribution in [0.5, 0.6) is 0 Å². The average molecular weight is 264 g/mol. The van der Waals surface area contributed by atoms with Gasteiger partial charge in [-0.25, -0.2) is 13.1 Å². The molecule has 0 radical (unpaired) electrons. The van der Waals surface area contributed by atoms with Crippen LogP contribution in [0.15, 0.2) is 12.5 Å². The summed E-state index contributed by atoms with van der Waals surface area (Å²) in [5.41, 5.74) is 0.